The Morgan fingerprint density at radius 3 is 2.36 bits per heavy atom. The second-order valence-electron chi connectivity index (χ2n) is 7.48. The summed E-state index contributed by atoms with van der Waals surface area (Å²) >= 11 is 6.25. The molecular weight excluding hydrogens is 460 g/mol. The summed E-state index contributed by atoms with van der Waals surface area (Å²) in [6, 6.07) is 19.2. The predicted octanol–water partition coefficient (Wildman–Crippen LogP) is 4.33. The number of aromatic nitrogens is 3. The summed E-state index contributed by atoms with van der Waals surface area (Å²) in [6.45, 7) is 3.85. The van der Waals surface area contributed by atoms with E-state index in [1.54, 1.807) is 37.3 Å². The average molecular weight is 483 g/mol. The van der Waals surface area contributed by atoms with E-state index >= 15 is 0 Å². The van der Waals surface area contributed by atoms with E-state index in [0.717, 1.165) is 5.56 Å². The molecule has 0 saturated carbocycles. The van der Waals surface area contributed by atoms with Crippen molar-refractivity contribution in [2.24, 2.45) is 0 Å². The second kappa shape index (κ2) is 9.25. The molecule has 0 radical (unpaired) electrons. The fourth-order valence-electron chi connectivity index (χ4n) is 3.65. The number of nitrogens with zero attached hydrogens (tertiary/aromatic N) is 3. The Morgan fingerprint density at radius 1 is 1.03 bits per heavy atom. The highest BCUT2D eigenvalue weighted by atomic mass is 35.5. The molecule has 0 aliphatic heterocycles. The van der Waals surface area contributed by atoms with E-state index in [0.29, 0.717) is 34.2 Å². The van der Waals surface area contributed by atoms with Crippen molar-refractivity contribution >= 4 is 27.3 Å². The highest BCUT2D eigenvalue weighted by Gasteiger charge is 2.24. The molecular formula is C24H23ClN4O3S. The molecule has 4 aromatic rings. The fraction of sp³-hybridized carbons (Fsp3) is 0.167. The monoisotopic (exact) mass is 482 g/mol. The van der Waals surface area contributed by atoms with Crippen LogP contribution in [-0.4, -0.2) is 29.7 Å². The highest BCUT2D eigenvalue weighted by molar-refractivity contribution is 7.92. The summed E-state index contributed by atoms with van der Waals surface area (Å²) < 4.78 is 29.0. The standard InChI is InChI=1S/C24H23ClN4O3S/c1-3-28(19-10-5-4-6-11-19)33(31,32)20-13-14-23(26-16-20)29-24(30)21(17(2)27-29)15-18-9-7-8-12-22(18)25/h4-14,16,27H,3,15H2,1-2H3. The maximum atomic E-state index is 13.2. The average Bonchev–Trinajstić information content (AvgIpc) is 3.10. The maximum Gasteiger partial charge on any atom is 0.276 e. The number of halogens is 1. The molecule has 0 aliphatic carbocycles. The topological polar surface area (TPSA) is 88.1 Å². The van der Waals surface area contributed by atoms with Gasteiger partial charge in [0.05, 0.1) is 5.69 Å². The third kappa shape index (κ3) is 4.44. The van der Waals surface area contributed by atoms with Crippen LogP contribution in [0.2, 0.25) is 5.02 Å². The molecule has 0 fully saturated rings. The molecule has 0 unspecified atom stereocenters. The first kappa shape index (κ1) is 22.8. The summed E-state index contributed by atoms with van der Waals surface area (Å²) in [5, 5.41) is 3.62. The van der Waals surface area contributed by atoms with Gasteiger partial charge in [0.25, 0.3) is 15.6 Å². The molecule has 2 aromatic heterocycles. The van der Waals surface area contributed by atoms with Crippen LogP contribution in [0.1, 0.15) is 23.7 Å². The van der Waals surface area contributed by atoms with E-state index in [1.807, 2.05) is 31.2 Å². The zero-order valence-corrected chi connectivity index (χ0v) is 19.8. The zero-order valence-electron chi connectivity index (χ0n) is 18.2. The minimum atomic E-state index is -3.80. The molecule has 170 valence electrons. The van der Waals surface area contributed by atoms with E-state index in [-0.39, 0.29) is 17.0 Å². The van der Waals surface area contributed by atoms with E-state index in [1.165, 1.54) is 27.3 Å². The normalized spacial score (nSPS) is 11.5. The van der Waals surface area contributed by atoms with Gasteiger partial charge in [-0.3, -0.25) is 14.2 Å². The number of anilines is 1. The molecule has 0 saturated heterocycles. The Morgan fingerprint density at radius 2 is 1.73 bits per heavy atom. The molecule has 0 aliphatic rings. The lowest BCUT2D eigenvalue weighted by Crippen LogP contribution is -2.30. The molecule has 0 atom stereocenters. The maximum absolute atomic E-state index is 13.2. The van der Waals surface area contributed by atoms with Gasteiger partial charge in [-0.25, -0.2) is 18.1 Å². The molecule has 9 heteroatoms. The number of aryl methyl sites for hydroxylation is 1. The Balaban J connectivity index is 1.65. The van der Waals surface area contributed by atoms with Crippen molar-refractivity contribution in [3.8, 4) is 5.82 Å². The summed E-state index contributed by atoms with van der Waals surface area (Å²) in [7, 11) is -3.80. The molecule has 4 rings (SSSR count). The van der Waals surface area contributed by atoms with Gasteiger partial charge in [0, 0.05) is 35.4 Å². The van der Waals surface area contributed by atoms with Crippen molar-refractivity contribution in [3.05, 3.63) is 105 Å². The molecule has 0 bridgehead atoms. The van der Waals surface area contributed by atoms with E-state index in [9.17, 15) is 13.2 Å². The van der Waals surface area contributed by atoms with Gasteiger partial charge < -0.3 is 0 Å². The van der Waals surface area contributed by atoms with Crippen molar-refractivity contribution in [1.82, 2.24) is 14.8 Å². The first-order valence-corrected chi connectivity index (χ1v) is 12.2. The quantitative estimate of drug-likeness (QED) is 0.424. The van der Waals surface area contributed by atoms with Crippen LogP contribution in [-0.2, 0) is 16.4 Å². The van der Waals surface area contributed by atoms with Gasteiger partial charge >= 0.3 is 0 Å². The second-order valence-corrected chi connectivity index (χ2v) is 9.75. The van der Waals surface area contributed by atoms with E-state index < -0.39 is 10.0 Å². The van der Waals surface area contributed by atoms with Crippen LogP contribution >= 0.6 is 11.6 Å². The molecule has 7 nitrogen and oxygen atoms in total. The Hall–Kier alpha value is -3.36. The van der Waals surface area contributed by atoms with Crippen LogP contribution in [0, 0.1) is 6.92 Å². The lowest BCUT2D eigenvalue weighted by atomic mass is 10.1. The number of benzene rings is 2. The van der Waals surface area contributed by atoms with Crippen molar-refractivity contribution in [1.29, 1.82) is 0 Å². The van der Waals surface area contributed by atoms with Crippen LogP contribution in [0.4, 0.5) is 5.69 Å². The zero-order chi connectivity index (χ0) is 23.6. The van der Waals surface area contributed by atoms with Crippen molar-refractivity contribution in [3.63, 3.8) is 0 Å². The van der Waals surface area contributed by atoms with Crippen molar-refractivity contribution in [2.45, 2.75) is 25.2 Å². The van der Waals surface area contributed by atoms with Crippen molar-refractivity contribution < 1.29 is 8.42 Å². The number of sulfonamides is 1. The van der Waals surface area contributed by atoms with Gasteiger partial charge in [-0.05, 0) is 49.7 Å². The van der Waals surface area contributed by atoms with Crippen LogP contribution in [0.3, 0.4) is 0 Å². The Bertz CT molecular complexity index is 1430. The number of hydrogen-bond donors (Lipinski definition) is 1. The van der Waals surface area contributed by atoms with E-state index in [2.05, 4.69) is 10.1 Å². The van der Waals surface area contributed by atoms with E-state index in [4.69, 9.17) is 11.6 Å². The number of para-hydroxylation sites is 1. The van der Waals surface area contributed by atoms with Gasteiger partial charge in [0.1, 0.15) is 4.90 Å². The number of hydrogen-bond acceptors (Lipinski definition) is 4. The number of aromatic amines is 1. The largest absolute Gasteiger partial charge is 0.294 e. The summed E-state index contributed by atoms with van der Waals surface area (Å²) in [5.74, 6) is 0.301. The molecule has 33 heavy (non-hydrogen) atoms. The van der Waals surface area contributed by atoms with Gasteiger partial charge in [0.2, 0.25) is 0 Å². The minimum Gasteiger partial charge on any atom is -0.294 e. The molecule has 2 heterocycles. The molecule has 0 amide bonds. The molecule has 0 spiro atoms. The number of rotatable bonds is 7. The molecule has 1 N–H and O–H groups in total. The summed E-state index contributed by atoms with van der Waals surface area (Å²) in [4.78, 5) is 17.4. The van der Waals surface area contributed by atoms with Crippen LogP contribution in [0.25, 0.3) is 5.82 Å². The van der Waals surface area contributed by atoms with Crippen molar-refractivity contribution in [2.75, 3.05) is 10.8 Å². The lowest BCUT2D eigenvalue weighted by Gasteiger charge is -2.22. The summed E-state index contributed by atoms with van der Waals surface area (Å²) in [6.07, 6.45) is 1.65. The fourth-order valence-corrected chi connectivity index (χ4v) is 5.28. The first-order chi connectivity index (χ1) is 15.8. The Labute approximate surface area is 197 Å². The summed E-state index contributed by atoms with van der Waals surface area (Å²) in [5.41, 5.74) is 2.43. The minimum absolute atomic E-state index is 0.0459. The van der Waals surface area contributed by atoms with Gasteiger partial charge in [-0.15, -0.1) is 0 Å². The highest BCUT2D eigenvalue weighted by Crippen LogP contribution is 2.23. The van der Waals surface area contributed by atoms with Gasteiger partial charge in [-0.2, -0.15) is 0 Å². The third-order valence-electron chi connectivity index (χ3n) is 5.39. The van der Waals surface area contributed by atoms with Crippen LogP contribution in [0.5, 0.6) is 0 Å². The van der Waals surface area contributed by atoms with Crippen LogP contribution in [0.15, 0.2) is 82.6 Å². The predicted molar refractivity (Wildman–Crippen MR) is 130 cm³/mol. The number of H-pyrrole nitrogens is 1. The Kier molecular flexibility index (Phi) is 6.40. The van der Waals surface area contributed by atoms with Crippen LogP contribution < -0.4 is 9.86 Å². The third-order valence-corrected chi connectivity index (χ3v) is 7.64. The lowest BCUT2D eigenvalue weighted by molar-refractivity contribution is 0.591. The number of pyridine rings is 1. The first-order valence-electron chi connectivity index (χ1n) is 10.4. The molecule has 2 aromatic carbocycles. The van der Waals surface area contributed by atoms with Gasteiger partial charge in [0.15, 0.2) is 5.82 Å². The SMILES string of the molecule is CCN(c1ccccc1)S(=O)(=O)c1ccc(-n2[nH]c(C)c(Cc3ccccc3Cl)c2=O)nc1. The smallest absolute Gasteiger partial charge is 0.276 e. The van der Waals surface area contributed by atoms with Gasteiger partial charge in [-0.1, -0.05) is 48.0 Å². The number of nitrogens with one attached hydrogen (secondary N) is 1.